The van der Waals surface area contributed by atoms with Gasteiger partial charge in [0.05, 0.1) is 0 Å². The number of nitrogens with one attached hydrogen (secondary N) is 1. The zero-order valence-corrected chi connectivity index (χ0v) is 9.20. The van der Waals surface area contributed by atoms with Crippen molar-refractivity contribution in [3.63, 3.8) is 0 Å². The molecular weight excluding hydrogens is 259 g/mol. The van der Waals surface area contributed by atoms with Crippen LogP contribution in [-0.4, -0.2) is 19.8 Å². The lowest BCUT2D eigenvalue weighted by atomic mass is 9.89. The van der Waals surface area contributed by atoms with Gasteiger partial charge in [0.1, 0.15) is 0 Å². The van der Waals surface area contributed by atoms with Crippen LogP contribution in [0.15, 0.2) is 0 Å². The highest BCUT2D eigenvalue weighted by Gasteiger charge is 2.47. The number of amides is 1. The Kier molecular flexibility index (Phi) is 5.44. The van der Waals surface area contributed by atoms with Gasteiger partial charge in [-0.3, -0.25) is 4.79 Å². The minimum Gasteiger partial charge on any atom is -0.274 e. The summed E-state index contributed by atoms with van der Waals surface area (Å²) in [5.41, 5.74) is -5.43. The van der Waals surface area contributed by atoms with Crippen LogP contribution >= 0.6 is 0 Å². The Morgan fingerprint density at radius 3 is 2.00 bits per heavy atom. The summed E-state index contributed by atoms with van der Waals surface area (Å²) in [6.07, 6.45) is 3.29. The van der Waals surface area contributed by atoms with E-state index in [1.54, 1.807) is 0 Å². The zero-order chi connectivity index (χ0) is 12.4. The number of hydrogen-bond acceptors (Lipinski definition) is 3. The van der Waals surface area contributed by atoms with Gasteiger partial charge in [0.15, 0.2) is 0 Å². The van der Waals surface area contributed by atoms with E-state index in [0.29, 0.717) is 12.8 Å². The van der Waals surface area contributed by atoms with Crippen molar-refractivity contribution in [1.82, 2.24) is 4.72 Å². The first-order valence-corrected chi connectivity index (χ1v) is 6.35. The Bertz CT molecular complexity index is 358. The molecule has 17 heavy (non-hydrogen) atoms. The van der Waals surface area contributed by atoms with Gasteiger partial charge < -0.3 is 0 Å². The van der Waals surface area contributed by atoms with Crippen molar-refractivity contribution in [2.75, 3.05) is 0 Å². The van der Waals surface area contributed by atoms with Gasteiger partial charge in [-0.25, -0.2) is 4.72 Å². The molecule has 102 valence electrons. The Balaban J connectivity index is 0.00000256. The van der Waals surface area contributed by atoms with Crippen LogP contribution in [0.3, 0.4) is 0 Å². The summed E-state index contributed by atoms with van der Waals surface area (Å²) in [7, 11) is -5.55. The van der Waals surface area contributed by atoms with Gasteiger partial charge in [0.2, 0.25) is 5.91 Å². The van der Waals surface area contributed by atoms with Crippen LogP contribution in [0.4, 0.5) is 13.2 Å². The molecule has 0 heterocycles. The third kappa shape index (κ3) is 4.18. The van der Waals surface area contributed by atoms with E-state index in [1.807, 2.05) is 0 Å². The Morgan fingerprint density at radius 1 is 1.12 bits per heavy atom. The fourth-order valence-corrected chi connectivity index (χ4v) is 2.19. The highest BCUT2D eigenvalue weighted by atomic mass is 32.2. The minimum atomic E-state index is -5.55. The number of carbonyl (C=O) groups is 1. The first-order chi connectivity index (χ1) is 7.24. The lowest BCUT2D eigenvalue weighted by Gasteiger charge is -2.20. The highest BCUT2D eigenvalue weighted by molar-refractivity contribution is 7.90. The fourth-order valence-electron chi connectivity index (χ4n) is 1.64. The molecule has 1 rings (SSSR count). The van der Waals surface area contributed by atoms with Gasteiger partial charge >= 0.3 is 15.5 Å². The third-order valence-electron chi connectivity index (χ3n) is 2.52. The van der Waals surface area contributed by atoms with E-state index >= 15 is 0 Å². The van der Waals surface area contributed by atoms with Crippen LogP contribution in [0, 0.1) is 5.92 Å². The molecule has 0 spiro atoms. The van der Waals surface area contributed by atoms with E-state index in [9.17, 15) is 26.4 Å². The Morgan fingerprint density at radius 2 is 1.59 bits per heavy atom. The topological polar surface area (TPSA) is 63.2 Å². The number of hydrogen-bond donors (Lipinski definition) is 1. The molecule has 1 amide bonds. The zero-order valence-electron chi connectivity index (χ0n) is 8.38. The predicted molar refractivity (Wildman–Crippen MR) is 56.4 cm³/mol. The molecule has 4 nitrogen and oxygen atoms in total. The quantitative estimate of drug-likeness (QED) is 0.840. The van der Waals surface area contributed by atoms with Crippen molar-refractivity contribution >= 4 is 15.9 Å². The lowest BCUT2D eigenvalue weighted by Crippen LogP contribution is -2.43. The summed E-state index contributed by atoms with van der Waals surface area (Å²) in [6, 6.07) is 0. The fraction of sp³-hybridized carbons (Fsp3) is 0.889. The van der Waals surface area contributed by atoms with Crippen molar-refractivity contribution in [2.24, 2.45) is 5.92 Å². The first kappa shape index (κ1) is 16.2. The standard InChI is InChI=1S/C8H12F3NO3S.CH4/c9-8(10,11)16(14,15)12-7(13)6-4-2-1-3-5-6;/h6H,1-5H2,(H,12,13);1H4. The predicted octanol–water partition coefficient (Wildman–Crippen LogP) is 2.17. The normalized spacial score (nSPS) is 18.3. The van der Waals surface area contributed by atoms with Crippen LogP contribution in [0.1, 0.15) is 39.5 Å². The van der Waals surface area contributed by atoms with E-state index in [2.05, 4.69) is 0 Å². The highest BCUT2D eigenvalue weighted by Crippen LogP contribution is 2.26. The molecular formula is C9H16F3NO3S. The molecule has 0 aromatic heterocycles. The Labute approximate surface area is 98.6 Å². The number of rotatable bonds is 2. The molecule has 1 saturated carbocycles. The lowest BCUT2D eigenvalue weighted by molar-refractivity contribution is -0.124. The maximum atomic E-state index is 12.0. The van der Waals surface area contributed by atoms with Gasteiger partial charge in [0, 0.05) is 5.92 Å². The van der Waals surface area contributed by atoms with Crippen molar-refractivity contribution in [1.29, 1.82) is 0 Å². The number of carbonyl (C=O) groups excluding carboxylic acids is 1. The van der Waals surface area contributed by atoms with Crippen molar-refractivity contribution in [3.05, 3.63) is 0 Å². The summed E-state index contributed by atoms with van der Waals surface area (Å²) in [4.78, 5) is 11.3. The molecule has 0 saturated heterocycles. The second-order valence-electron chi connectivity index (χ2n) is 3.75. The van der Waals surface area contributed by atoms with E-state index in [-0.39, 0.29) is 7.43 Å². The summed E-state index contributed by atoms with van der Waals surface area (Å²) in [5, 5.41) is 0. The van der Waals surface area contributed by atoms with E-state index in [0.717, 1.165) is 24.0 Å². The minimum absolute atomic E-state index is 0. The summed E-state index contributed by atoms with van der Waals surface area (Å²) >= 11 is 0. The van der Waals surface area contributed by atoms with Crippen molar-refractivity contribution < 1.29 is 26.4 Å². The average Bonchev–Trinajstić information content (AvgIpc) is 2.16. The Hall–Kier alpha value is -0.790. The first-order valence-electron chi connectivity index (χ1n) is 4.87. The monoisotopic (exact) mass is 275 g/mol. The maximum absolute atomic E-state index is 12.0. The maximum Gasteiger partial charge on any atom is 0.516 e. The second kappa shape index (κ2) is 5.70. The summed E-state index contributed by atoms with van der Waals surface area (Å²) in [6.45, 7) is 0. The summed E-state index contributed by atoms with van der Waals surface area (Å²) < 4.78 is 58.2. The number of alkyl halides is 3. The molecule has 0 aliphatic heterocycles. The average molecular weight is 275 g/mol. The van der Waals surface area contributed by atoms with E-state index < -0.39 is 27.4 Å². The van der Waals surface area contributed by atoms with Crippen LogP contribution in [-0.2, 0) is 14.8 Å². The van der Waals surface area contributed by atoms with Gasteiger partial charge in [-0.2, -0.15) is 21.6 Å². The van der Waals surface area contributed by atoms with Crippen LogP contribution in [0.2, 0.25) is 0 Å². The third-order valence-corrected chi connectivity index (χ3v) is 3.59. The molecule has 1 aliphatic carbocycles. The molecule has 0 bridgehead atoms. The summed E-state index contributed by atoms with van der Waals surface area (Å²) in [5.74, 6) is -1.66. The molecule has 0 aromatic rings. The van der Waals surface area contributed by atoms with Gasteiger partial charge in [-0.1, -0.05) is 26.7 Å². The SMILES string of the molecule is C.O=C(NS(=O)(=O)C(F)(F)F)C1CCCCC1. The molecule has 0 radical (unpaired) electrons. The number of sulfonamides is 1. The van der Waals surface area contributed by atoms with Crippen molar-refractivity contribution in [3.8, 4) is 0 Å². The molecule has 0 unspecified atom stereocenters. The van der Waals surface area contributed by atoms with Crippen molar-refractivity contribution in [2.45, 2.75) is 45.0 Å². The molecule has 1 N–H and O–H groups in total. The molecule has 8 heteroatoms. The smallest absolute Gasteiger partial charge is 0.274 e. The van der Waals surface area contributed by atoms with Gasteiger partial charge in [-0.05, 0) is 12.8 Å². The van der Waals surface area contributed by atoms with Gasteiger partial charge in [0.25, 0.3) is 0 Å². The van der Waals surface area contributed by atoms with Crippen LogP contribution in [0.5, 0.6) is 0 Å². The number of halogens is 3. The largest absolute Gasteiger partial charge is 0.516 e. The molecule has 1 aliphatic rings. The van der Waals surface area contributed by atoms with Crippen LogP contribution < -0.4 is 4.72 Å². The van der Waals surface area contributed by atoms with E-state index in [4.69, 9.17) is 0 Å². The van der Waals surface area contributed by atoms with E-state index in [1.165, 1.54) is 0 Å². The van der Waals surface area contributed by atoms with Crippen LogP contribution in [0.25, 0.3) is 0 Å². The molecule has 0 aromatic carbocycles. The molecule has 1 fully saturated rings. The second-order valence-corrected chi connectivity index (χ2v) is 5.42. The molecule has 0 atom stereocenters. The van der Waals surface area contributed by atoms with Gasteiger partial charge in [-0.15, -0.1) is 0 Å².